The zero-order chi connectivity index (χ0) is 18.9. The number of anilines is 2. The van der Waals surface area contributed by atoms with Gasteiger partial charge in [0.2, 0.25) is 5.95 Å². The summed E-state index contributed by atoms with van der Waals surface area (Å²) in [6, 6.07) is 12.2. The molecule has 1 fully saturated rings. The highest BCUT2D eigenvalue weighted by Gasteiger charge is 2.11. The summed E-state index contributed by atoms with van der Waals surface area (Å²) < 4.78 is 5.40. The molecular formula is C20H30N6O. The van der Waals surface area contributed by atoms with Crippen LogP contribution in [0.4, 0.5) is 11.8 Å². The van der Waals surface area contributed by atoms with E-state index in [0.717, 1.165) is 69.6 Å². The Hall–Kier alpha value is -2.22. The number of nitrogens with zero attached hydrogens (tertiary/aromatic N) is 4. The molecule has 0 bridgehead atoms. The molecule has 2 aromatic rings. The lowest BCUT2D eigenvalue weighted by molar-refractivity contribution is 0.0398. The summed E-state index contributed by atoms with van der Waals surface area (Å²) in [6.45, 7) is 7.19. The molecule has 2 N–H and O–H groups in total. The summed E-state index contributed by atoms with van der Waals surface area (Å²) in [4.78, 5) is 13.9. The van der Waals surface area contributed by atoms with E-state index in [1.54, 1.807) is 0 Å². The zero-order valence-electron chi connectivity index (χ0n) is 16.3. The lowest BCUT2D eigenvalue weighted by Gasteiger charge is -2.26. The van der Waals surface area contributed by atoms with E-state index in [2.05, 4.69) is 51.6 Å². The van der Waals surface area contributed by atoms with Crippen molar-refractivity contribution in [1.29, 1.82) is 0 Å². The van der Waals surface area contributed by atoms with E-state index in [-0.39, 0.29) is 0 Å². The molecule has 7 heteroatoms. The summed E-state index contributed by atoms with van der Waals surface area (Å²) in [7, 11) is 4.13. The second-order valence-electron chi connectivity index (χ2n) is 6.94. The number of benzene rings is 1. The molecule has 7 nitrogen and oxygen atoms in total. The Morgan fingerprint density at radius 2 is 1.81 bits per heavy atom. The standard InChI is InChI=1S/C20H30N6O/c1-25(2)10-8-21-19-16-18(17-6-4-3-5-7-17)23-20(24-19)22-9-11-26-12-14-27-15-13-26/h3-7,16H,8-15H2,1-2H3,(H2,21,22,23,24). The molecule has 1 aliphatic rings. The molecule has 0 aliphatic carbocycles. The van der Waals surface area contributed by atoms with Gasteiger partial charge in [-0.25, -0.2) is 4.98 Å². The summed E-state index contributed by atoms with van der Waals surface area (Å²) in [5.41, 5.74) is 2.01. The Morgan fingerprint density at radius 3 is 2.56 bits per heavy atom. The van der Waals surface area contributed by atoms with Gasteiger partial charge in [0.05, 0.1) is 18.9 Å². The third-order valence-electron chi connectivity index (χ3n) is 4.48. The molecule has 146 valence electrons. The topological polar surface area (TPSA) is 65.5 Å². The number of nitrogens with one attached hydrogen (secondary N) is 2. The predicted molar refractivity (Wildman–Crippen MR) is 110 cm³/mol. The third-order valence-corrected chi connectivity index (χ3v) is 4.48. The SMILES string of the molecule is CN(C)CCNc1cc(-c2ccccc2)nc(NCCN2CCOCC2)n1. The Balaban J connectivity index is 1.66. The highest BCUT2D eigenvalue weighted by molar-refractivity contribution is 5.64. The van der Waals surface area contributed by atoms with Crippen LogP contribution >= 0.6 is 0 Å². The van der Waals surface area contributed by atoms with Crippen molar-refractivity contribution in [3.8, 4) is 11.3 Å². The van der Waals surface area contributed by atoms with Gasteiger partial charge in [0, 0.05) is 50.9 Å². The molecular weight excluding hydrogens is 340 g/mol. The lowest BCUT2D eigenvalue weighted by atomic mass is 10.1. The van der Waals surface area contributed by atoms with Gasteiger partial charge >= 0.3 is 0 Å². The second kappa shape index (κ2) is 10.2. The number of morpholine rings is 1. The smallest absolute Gasteiger partial charge is 0.225 e. The van der Waals surface area contributed by atoms with Crippen LogP contribution in [-0.2, 0) is 4.74 Å². The molecule has 0 saturated carbocycles. The van der Waals surface area contributed by atoms with Gasteiger partial charge in [-0.3, -0.25) is 4.90 Å². The van der Waals surface area contributed by atoms with Crippen molar-refractivity contribution in [2.24, 2.45) is 0 Å². The van der Waals surface area contributed by atoms with Gasteiger partial charge in [-0.1, -0.05) is 30.3 Å². The monoisotopic (exact) mass is 370 g/mol. The van der Waals surface area contributed by atoms with Crippen molar-refractivity contribution >= 4 is 11.8 Å². The van der Waals surface area contributed by atoms with Crippen molar-refractivity contribution in [3.63, 3.8) is 0 Å². The average molecular weight is 371 g/mol. The van der Waals surface area contributed by atoms with Gasteiger partial charge in [-0.15, -0.1) is 0 Å². The summed E-state index contributed by atoms with van der Waals surface area (Å²) in [5, 5.41) is 6.79. The van der Waals surface area contributed by atoms with E-state index in [0.29, 0.717) is 5.95 Å². The molecule has 27 heavy (non-hydrogen) atoms. The van der Waals surface area contributed by atoms with Crippen LogP contribution < -0.4 is 10.6 Å². The van der Waals surface area contributed by atoms with E-state index in [1.807, 2.05) is 24.3 Å². The van der Waals surface area contributed by atoms with Gasteiger partial charge in [0.1, 0.15) is 5.82 Å². The number of hydrogen-bond donors (Lipinski definition) is 2. The fourth-order valence-corrected chi connectivity index (χ4v) is 2.93. The molecule has 2 heterocycles. The van der Waals surface area contributed by atoms with Gasteiger partial charge in [0.15, 0.2) is 0 Å². The highest BCUT2D eigenvalue weighted by Crippen LogP contribution is 2.21. The number of ether oxygens (including phenoxy) is 1. The van der Waals surface area contributed by atoms with Crippen molar-refractivity contribution < 1.29 is 4.74 Å². The van der Waals surface area contributed by atoms with Crippen molar-refractivity contribution in [1.82, 2.24) is 19.8 Å². The third kappa shape index (κ3) is 6.46. The molecule has 0 spiro atoms. The Morgan fingerprint density at radius 1 is 1.04 bits per heavy atom. The van der Waals surface area contributed by atoms with E-state index >= 15 is 0 Å². The van der Waals surface area contributed by atoms with Crippen molar-refractivity contribution in [3.05, 3.63) is 36.4 Å². The summed E-state index contributed by atoms with van der Waals surface area (Å²) in [5.74, 6) is 1.51. The van der Waals surface area contributed by atoms with E-state index < -0.39 is 0 Å². The largest absolute Gasteiger partial charge is 0.379 e. The molecule has 1 aromatic heterocycles. The summed E-state index contributed by atoms with van der Waals surface area (Å²) in [6.07, 6.45) is 0. The Bertz CT molecular complexity index is 688. The maximum atomic E-state index is 5.40. The van der Waals surface area contributed by atoms with Crippen molar-refractivity contribution in [2.75, 3.05) is 77.2 Å². The van der Waals surface area contributed by atoms with Crippen LogP contribution in [0.5, 0.6) is 0 Å². The molecule has 1 saturated heterocycles. The van der Waals surface area contributed by atoms with E-state index in [4.69, 9.17) is 9.72 Å². The minimum absolute atomic E-state index is 0.664. The van der Waals surface area contributed by atoms with E-state index in [1.165, 1.54) is 0 Å². The fourth-order valence-electron chi connectivity index (χ4n) is 2.93. The molecule has 1 aliphatic heterocycles. The second-order valence-corrected chi connectivity index (χ2v) is 6.94. The summed E-state index contributed by atoms with van der Waals surface area (Å²) >= 11 is 0. The predicted octanol–water partition coefficient (Wildman–Crippen LogP) is 1.86. The van der Waals surface area contributed by atoms with Gasteiger partial charge in [0.25, 0.3) is 0 Å². The molecule has 1 aromatic carbocycles. The van der Waals surface area contributed by atoms with Crippen LogP contribution in [0.1, 0.15) is 0 Å². The first kappa shape index (κ1) is 19.5. The minimum Gasteiger partial charge on any atom is -0.379 e. The number of hydrogen-bond acceptors (Lipinski definition) is 7. The minimum atomic E-state index is 0.664. The number of rotatable bonds is 9. The normalized spacial score (nSPS) is 15.1. The Kier molecular flexibility index (Phi) is 7.38. The average Bonchev–Trinajstić information content (AvgIpc) is 2.69. The molecule has 3 rings (SSSR count). The van der Waals surface area contributed by atoms with Crippen LogP contribution in [0.15, 0.2) is 36.4 Å². The van der Waals surface area contributed by atoms with Crippen LogP contribution in [0, 0.1) is 0 Å². The van der Waals surface area contributed by atoms with Crippen LogP contribution in [0.2, 0.25) is 0 Å². The molecule has 0 atom stereocenters. The first-order chi connectivity index (χ1) is 13.2. The fraction of sp³-hybridized carbons (Fsp3) is 0.500. The van der Waals surface area contributed by atoms with Crippen LogP contribution in [0.25, 0.3) is 11.3 Å². The molecule has 0 radical (unpaired) electrons. The van der Waals surface area contributed by atoms with Gasteiger partial charge in [-0.05, 0) is 14.1 Å². The number of likely N-dealkylation sites (N-methyl/N-ethyl adjacent to an activating group) is 1. The lowest BCUT2D eigenvalue weighted by Crippen LogP contribution is -2.39. The van der Waals surface area contributed by atoms with Gasteiger partial charge < -0.3 is 20.3 Å². The quantitative estimate of drug-likeness (QED) is 0.698. The molecule has 0 amide bonds. The molecule has 0 unspecified atom stereocenters. The Labute approximate surface area is 161 Å². The highest BCUT2D eigenvalue weighted by atomic mass is 16.5. The van der Waals surface area contributed by atoms with Crippen LogP contribution in [0.3, 0.4) is 0 Å². The first-order valence-corrected chi connectivity index (χ1v) is 9.58. The first-order valence-electron chi connectivity index (χ1n) is 9.58. The zero-order valence-corrected chi connectivity index (χ0v) is 16.3. The van der Waals surface area contributed by atoms with Gasteiger partial charge in [-0.2, -0.15) is 4.98 Å². The van der Waals surface area contributed by atoms with Crippen LogP contribution in [-0.4, -0.2) is 86.3 Å². The van der Waals surface area contributed by atoms with E-state index in [9.17, 15) is 0 Å². The maximum absolute atomic E-state index is 5.40. The van der Waals surface area contributed by atoms with Crippen molar-refractivity contribution in [2.45, 2.75) is 0 Å². The maximum Gasteiger partial charge on any atom is 0.225 e. The number of aromatic nitrogens is 2.